The van der Waals surface area contributed by atoms with E-state index in [9.17, 15) is 52.7 Å². The summed E-state index contributed by atoms with van der Waals surface area (Å²) in [6.07, 6.45) is -20.7. The van der Waals surface area contributed by atoms with Gasteiger partial charge in [0.25, 0.3) is 0 Å². The lowest BCUT2D eigenvalue weighted by Gasteiger charge is -2.18. The number of benzene rings is 6. The molecule has 0 saturated heterocycles. The zero-order valence-electron chi connectivity index (χ0n) is 25.2. The second-order valence-electron chi connectivity index (χ2n) is 11.5. The van der Waals surface area contributed by atoms with Crippen LogP contribution in [0.3, 0.4) is 0 Å². The molecule has 0 N–H and O–H groups in total. The third-order valence-corrected chi connectivity index (χ3v) is 8.45. The second-order valence-corrected chi connectivity index (χ2v) is 11.5. The van der Waals surface area contributed by atoms with Gasteiger partial charge in [-0.05, 0) is 101 Å². The molecule has 256 valence electrons. The van der Waals surface area contributed by atoms with Crippen LogP contribution in [0.15, 0.2) is 97.1 Å². The molecule has 12 heteroatoms. The van der Waals surface area contributed by atoms with Gasteiger partial charge < -0.3 is 0 Å². The predicted molar refractivity (Wildman–Crippen MR) is 167 cm³/mol. The molecule has 0 bridgehead atoms. The van der Waals surface area contributed by atoms with Crippen molar-refractivity contribution in [2.45, 2.75) is 24.7 Å². The van der Waals surface area contributed by atoms with Crippen molar-refractivity contribution in [1.29, 1.82) is 0 Å². The lowest BCUT2D eigenvalue weighted by Crippen LogP contribution is -2.18. The van der Waals surface area contributed by atoms with E-state index in [1.54, 1.807) is 36.4 Å². The van der Waals surface area contributed by atoms with Crippen molar-refractivity contribution in [1.82, 2.24) is 0 Å². The minimum Gasteiger partial charge on any atom is -0.166 e. The van der Waals surface area contributed by atoms with Crippen LogP contribution in [0.1, 0.15) is 22.3 Å². The van der Waals surface area contributed by atoms with Crippen LogP contribution in [0.2, 0.25) is 0 Å². The Balaban J connectivity index is 1.85. The maximum absolute atomic E-state index is 14.4. The van der Waals surface area contributed by atoms with Crippen molar-refractivity contribution in [2.24, 2.45) is 0 Å². The maximum atomic E-state index is 14.4. The summed E-state index contributed by atoms with van der Waals surface area (Å²) in [6.45, 7) is 8.08. The van der Waals surface area contributed by atoms with Gasteiger partial charge >= 0.3 is 24.7 Å². The molecule has 0 aliphatic carbocycles. The largest absolute Gasteiger partial charge is 0.417 e. The summed E-state index contributed by atoms with van der Waals surface area (Å²) < 4.78 is 167. The fourth-order valence-electron chi connectivity index (χ4n) is 6.21. The number of fused-ring (bicyclic) bond motifs is 2. The fourth-order valence-corrected chi connectivity index (χ4v) is 6.21. The molecule has 0 amide bonds. The van der Waals surface area contributed by atoms with E-state index in [0.29, 0.717) is 45.8 Å². The van der Waals surface area contributed by atoms with Crippen LogP contribution in [0.25, 0.3) is 57.0 Å². The Bertz CT molecular complexity index is 2340. The molecule has 0 aliphatic rings. The van der Waals surface area contributed by atoms with Crippen LogP contribution in [0.5, 0.6) is 0 Å². The van der Waals surface area contributed by atoms with Crippen molar-refractivity contribution in [3.05, 3.63) is 140 Å². The zero-order valence-corrected chi connectivity index (χ0v) is 25.2. The van der Waals surface area contributed by atoms with Crippen molar-refractivity contribution in [3.63, 3.8) is 0 Å². The van der Waals surface area contributed by atoms with Gasteiger partial charge in [0.15, 0.2) is 0 Å². The first-order chi connectivity index (χ1) is 23.2. The Hall–Kier alpha value is -5.26. The van der Waals surface area contributed by atoms with Gasteiger partial charge in [-0.2, -0.15) is 52.7 Å². The van der Waals surface area contributed by atoms with E-state index >= 15 is 0 Å². The minimum atomic E-state index is -5.24. The van der Waals surface area contributed by atoms with Crippen LogP contribution in [-0.4, -0.2) is 0 Å². The Labute approximate surface area is 274 Å². The first-order valence-corrected chi connectivity index (χ1v) is 14.5. The minimum absolute atomic E-state index is 0.00423. The van der Waals surface area contributed by atoms with Crippen molar-refractivity contribution < 1.29 is 52.7 Å². The number of halogens is 12. The van der Waals surface area contributed by atoms with Crippen molar-refractivity contribution in [2.75, 3.05) is 0 Å². The molecule has 0 saturated carbocycles. The van der Waals surface area contributed by atoms with E-state index in [1.165, 1.54) is 24.3 Å². The SMILES string of the molecule is C=c1c(-c2ccc(C(F)(F)F)cc2C(F)(F)F)cc2ccccc2c1=c1c(=C)c(-c2ccc(C(F)(F)F)cc2C(F)(F)F)cc2ccccc12. The molecule has 6 aromatic carbocycles. The van der Waals surface area contributed by atoms with Gasteiger partial charge in [-0.15, -0.1) is 0 Å². The second kappa shape index (κ2) is 11.7. The summed E-state index contributed by atoms with van der Waals surface area (Å²) >= 11 is 0. The molecule has 0 radical (unpaired) electrons. The molecule has 0 aliphatic heterocycles. The van der Waals surface area contributed by atoms with Crippen molar-refractivity contribution >= 4 is 34.7 Å². The van der Waals surface area contributed by atoms with Crippen LogP contribution in [-0.2, 0) is 24.7 Å². The number of hydrogen-bond donors (Lipinski definition) is 0. The summed E-state index contributed by atoms with van der Waals surface area (Å²) in [5.41, 5.74) is -7.92. The normalized spacial score (nSPS) is 13.7. The predicted octanol–water partition coefficient (Wildman–Crippen LogP) is 11.5. The number of alkyl halides is 12. The Morgan fingerprint density at radius 2 is 0.700 bits per heavy atom. The number of hydrogen-bond acceptors (Lipinski definition) is 0. The topological polar surface area (TPSA) is 0 Å². The average molecular weight is 705 g/mol. The highest BCUT2D eigenvalue weighted by Gasteiger charge is 2.40. The van der Waals surface area contributed by atoms with Crippen LogP contribution >= 0.6 is 0 Å². The molecule has 0 spiro atoms. The molecule has 0 unspecified atom stereocenters. The van der Waals surface area contributed by atoms with E-state index < -0.39 is 58.1 Å². The molecule has 6 aromatic rings. The van der Waals surface area contributed by atoms with Crippen LogP contribution in [0, 0.1) is 10.4 Å². The van der Waals surface area contributed by atoms with E-state index in [2.05, 4.69) is 13.2 Å². The average Bonchev–Trinajstić information content (AvgIpc) is 3.02. The number of rotatable bonds is 2. The Morgan fingerprint density at radius 3 is 1.02 bits per heavy atom. The standard InChI is InChI=1S/C38H20F12/c1-19-29(27-13-11-23(35(39,40)41)17-31(27)37(45,46)47)15-21-7-3-5-9-25(21)33(19)34-20(2)30(16-22-8-4-6-10-26(22)34)28-14-12-24(36(42,43)44)18-32(28)38(48,49)50/h3-18H,1-2H2. The van der Waals surface area contributed by atoms with Gasteiger partial charge in [0, 0.05) is 0 Å². The summed E-state index contributed by atoms with van der Waals surface area (Å²) in [5.74, 6) is 0. The maximum Gasteiger partial charge on any atom is 0.417 e. The van der Waals surface area contributed by atoms with Crippen LogP contribution < -0.4 is 10.4 Å². The molecular formula is C38H20F12. The Kier molecular flexibility index (Phi) is 8.08. The summed E-state index contributed by atoms with van der Waals surface area (Å²) in [5, 5.41) is 1.41. The fraction of sp³-hybridized carbons (Fsp3) is 0.105. The van der Waals surface area contributed by atoms with Gasteiger partial charge in [-0.3, -0.25) is 0 Å². The third-order valence-electron chi connectivity index (χ3n) is 8.45. The van der Waals surface area contributed by atoms with Gasteiger partial charge in [0.2, 0.25) is 0 Å². The molecular weight excluding hydrogens is 684 g/mol. The molecule has 6 rings (SSSR count). The first kappa shape index (κ1) is 34.6. The van der Waals surface area contributed by atoms with Gasteiger partial charge in [-0.25, -0.2) is 0 Å². The highest BCUT2D eigenvalue weighted by atomic mass is 19.4. The monoisotopic (exact) mass is 704 g/mol. The summed E-state index contributed by atoms with van der Waals surface area (Å²) in [4.78, 5) is 0. The van der Waals surface area contributed by atoms with E-state index in [0.717, 1.165) is 0 Å². The van der Waals surface area contributed by atoms with Gasteiger partial charge in [-0.1, -0.05) is 73.8 Å². The third kappa shape index (κ3) is 6.07. The molecule has 0 fully saturated rings. The molecule has 50 heavy (non-hydrogen) atoms. The van der Waals surface area contributed by atoms with Gasteiger partial charge in [0.05, 0.1) is 22.3 Å². The quantitative estimate of drug-likeness (QED) is 0.157. The summed E-state index contributed by atoms with van der Waals surface area (Å²) in [6, 6.07) is 17.6. The molecule has 0 heterocycles. The zero-order chi connectivity index (χ0) is 36.6. The molecule has 0 nitrogen and oxygen atoms in total. The Morgan fingerprint density at radius 1 is 0.360 bits per heavy atom. The van der Waals surface area contributed by atoms with E-state index in [1.807, 2.05) is 0 Å². The summed E-state index contributed by atoms with van der Waals surface area (Å²) in [7, 11) is 0. The lowest BCUT2D eigenvalue weighted by atomic mass is 9.89. The highest BCUT2D eigenvalue weighted by Crippen LogP contribution is 2.42. The lowest BCUT2D eigenvalue weighted by molar-refractivity contribution is -0.144. The first-order valence-electron chi connectivity index (χ1n) is 14.5. The highest BCUT2D eigenvalue weighted by molar-refractivity contribution is 5.93. The van der Waals surface area contributed by atoms with Crippen LogP contribution in [0.4, 0.5) is 52.7 Å². The van der Waals surface area contributed by atoms with Gasteiger partial charge in [0.1, 0.15) is 0 Å². The van der Waals surface area contributed by atoms with Crippen molar-refractivity contribution in [3.8, 4) is 22.3 Å². The van der Waals surface area contributed by atoms with E-state index in [-0.39, 0.29) is 44.1 Å². The van der Waals surface area contributed by atoms with E-state index in [4.69, 9.17) is 0 Å². The molecule has 0 atom stereocenters. The smallest absolute Gasteiger partial charge is 0.166 e. The molecule has 0 aromatic heterocycles.